The lowest BCUT2D eigenvalue weighted by Crippen LogP contribution is -2.46. The normalized spacial score (nSPS) is 16.3. The zero-order chi connectivity index (χ0) is 20.7. The number of thiophene rings is 2. The molecular formula is C18H23N3O5S3. The van der Waals surface area contributed by atoms with Gasteiger partial charge in [-0.05, 0) is 22.9 Å². The van der Waals surface area contributed by atoms with Crippen LogP contribution in [0.15, 0.2) is 39.2 Å². The fraction of sp³-hybridized carbons (Fsp3) is 0.444. The summed E-state index contributed by atoms with van der Waals surface area (Å²) in [4.78, 5) is 27.0. The van der Waals surface area contributed by atoms with E-state index >= 15 is 0 Å². The average molecular weight is 458 g/mol. The minimum Gasteiger partial charge on any atom is -0.379 e. The average Bonchev–Trinajstić information content (AvgIpc) is 3.43. The zero-order valence-electron chi connectivity index (χ0n) is 15.7. The summed E-state index contributed by atoms with van der Waals surface area (Å²) in [6.45, 7) is 3.72. The molecule has 1 aliphatic heterocycles. The molecule has 1 atom stereocenters. The lowest BCUT2D eigenvalue weighted by molar-refractivity contribution is -0.139. The van der Waals surface area contributed by atoms with Crippen LogP contribution in [0.25, 0.3) is 0 Å². The van der Waals surface area contributed by atoms with E-state index in [0.29, 0.717) is 31.2 Å². The molecule has 11 heteroatoms. The number of sulfone groups is 1. The first-order valence-corrected chi connectivity index (χ1v) is 12.5. The van der Waals surface area contributed by atoms with Crippen molar-refractivity contribution in [3.63, 3.8) is 0 Å². The first-order chi connectivity index (χ1) is 14.0. The highest BCUT2D eigenvalue weighted by Gasteiger charge is 2.31. The zero-order valence-corrected chi connectivity index (χ0v) is 18.2. The van der Waals surface area contributed by atoms with Crippen molar-refractivity contribution in [3.8, 4) is 0 Å². The van der Waals surface area contributed by atoms with Gasteiger partial charge in [-0.3, -0.25) is 14.5 Å². The van der Waals surface area contributed by atoms with E-state index in [-0.39, 0.29) is 10.8 Å². The SMILES string of the molecule is O=C(NCCN1CCOCC1)C(=O)NC[C@@H](c1cccs1)S(=O)(=O)c1cccs1. The number of hydrogen-bond acceptors (Lipinski definition) is 8. The third kappa shape index (κ3) is 5.86. The molecule has 3 heterocycles. The van der Waals surface area contributed by atoms with Crippen LogP contribution in [0.5, 0.6) is 0 Å². The molecule has 0 aromatic carbocycles. The molecule has 0 bridgehead atoms. The van der Waals surface area contributed by atoms with E-state index in [0.717, 1.165) is 24.4 Å². The number of morpholine rings is 1. The highest BCUT2D eigenvalue weighted by Crippen LogP contribution is 2.33. The van der Waals surface area contributed by atoms with Crippen LogP contribution in [0, 0.1) is 0 Å². The quantitative estimate of drug-likeness (QED) is 0.571. The highest BCUT2D eigenvalue weighted by atomic mass is 32.2. The minimum atomic E-state index is -3.67. The van der Waals surface area contributed by atoms with Gasteiger partial charge in [0.25, 0.3) is 0 Å². The predicted octanol–water partition coefficient (Wildman–Crippen LogP) is 0.889. The number of carbonyl (C=O) groups is 2. The number of ether oxygens (including phenoxy) is 1. The summed E-state index contributed by atoms with van der Waals surface area (Å²) < 4.78 is 31.4. The molecule has 0 unspecified atom stereocenters. The van der Waals surface area contributed by atoms with Crippen molar-refractivity contribution >= 4 is 44.3 Å². The smallest absolute Gasteiger partial charge is 0.309 e. The molecule has 0 spiro atoms. The minimum absolute atomic E-state index is 0.170. The third-order valence-corrected chi connectivity index (χ3v) is 9.13. The van der Waals surface area contributed by atoms with Crippen LogP contribution in [0.1, 0.15) is 10.1 Å². The monoisotopic (exact) mass is 457 g/mol. The Morgan fingerprint density at radius 3 is 2.41 bits per heavy atom. The molecule has 1 fully saturated rings. The molecule has 3 rings (SSSR count). The van der Waals surface area contributed by atoms with Gasteiger partial charge in [-0.2, -0.15) is 0 Å². The Balaban J connectivity index is 1.55. The maximum Gasteiger partial charge on any atom is 0.309 e. The van der Waals surface area contributed by atoms with Crippen LogP contribution < -0.4 is 10.6 Å². The molecule has 0 radical (unpaired) electrons. The Labute approximate surface area is 177 Å². The molecule has 29 heavy (non-hydrogen) atoms. The van der Waals surface area contributed by atoms with Gasteiger partial charge in [0.2, 0.25) is 0 Å². The molecule has 2 aromatic heterocycles. The highest BCUT2D eigenvalue weighted by molar-refractivity contribution is 7.93. The summed E-state index contributed by atoms with van der Waals surface area (Å²) in [5.74, 6) is -1.60. The summed E-state index contributed by atoms with van der Waals surface area (Å²) in [7, 11) is -3.67. The van der Waals surface area contributed by atoms with Gasteiger partial charge >= 0.3 is 11.8 Å². The Kier molecular flexibility index (Phi) is 7.78. The summed E-state index contributed by atoms with van der Waals surface area (Å²) in [5.41, 5.74) is 0. The molecule has 8 nitrogen and oxygen atoms in total. The lowest BCUT2D eigenvalue weighted by Gasteiger charge is -2.26. The maximum absolute atomic E-state index is 13.0. The number of carbonyl (C=O) groups excluding carboxylic acids is 2. The van der Waals surface area contributed by atoms with E-state index in [1.807, 2.05) is 0 Å². The van der Waals surface area contributed by atoms with Crippen molar-refractivity contribution < 1.29 is 22.7 Å². The molecule has 0 saturated carbocycles. The Bertz CT molecular complexity index is 891. The molecular weight excluding hydrogens is 434 g/mol. The number of nitrogens with zero attached hydrogens (tertiary/aromatic N) is 1. The molecule has 1 saturated heterocycles. The van der Waals surface area contributed by atoms with Crippen LogP contribution in [-0.4, -0.2) is 71.1 Å². The molecule has 2 aromatic rings. The number of rotatable bonds is 8. The standard InChI is InChI=1S/C18H23N3O5S3/c22-17(19-5-6-21-7-9-26-10-8-21)18(23)20-13-15(14-3-1-11-27-14)29(24,25)16-4-2-12-28-16/h1-4,11-12,15H,5-10,13H2,(H,19,22)(H,20,23)/t15-/m0/s1. The molecule has 1 aliphatic rings. The van der Waals surface area contributed by atoms with Gasteiger partial charge in [-0.1, -0.05) is 12.1 Å². The largest absolute Gasteiger partial charge is 0.379 e. The van der Waals surface area contributed by atoms with Gasteiger partial charge in [0, 0.05) is 37.6 Å². The summed E-state index contributed by atoms with van der Waals surface area (Å²) >= 11 is 2.43. The number of hydrogen-bond donors (Lipinski definition) is 2. The summed E-state index contributed by atoms with van der Waals surface area (Å²) in [6, 6.07) is 6.69. The fourth-order valence-corrected chi connectivity index (χ4v) is 6.89. The molecule has 2 amide bonds. The Morgan fingerprint density at radius 2 is 1.76 bits per heavy atom. The van der Waals surface area contributed by atoms with E-state index in [2.05, 4.69) is 15.5 Å². The van der Waals surface area contributed by atoms with Gasteiger partial charge < -0.3 is 15.4 Å². The summed E-state index contributed by atoms with van der Waals surface area (Å²) in [6.07, 6.45) is 0. The van der Waals surface area contributed by atoms with E-state index in [1.54, 1.807) is 35.0 Å². The second kappa shape index (κ2) is 10.3. The van der Waals surface area contributed by atoms with Crippen LogP contribution in [-0.2, 0) is 24.2 Å². The van der Waals surface area contributed by atoms with Gasteiger partial charge in [0.15, 0.2) is 9.84 Å². The van der Waals surface area contributed by atoms with Gasteiger partial charge in [-0.15, -0.1) is 22.7 Å². The lowest BCUT2D eigenvalue weighted by atomic mass is 10.3. The number of nitrogens with one attached hydrogen (secondary N) is 2. The Morgan fingerprint density at radius 1 is 1.07 bits per heavy atom. The van der Waals surface area contributed by atoms with Crippen LogP contribution >= 0.6 is 22.7 Å². The fourth-order valence-electron chi connectivity index (χ4n) is 2.90. The van der Waals surface area contributed by atoms with Gasteiger partial charge in [0.1, 0.15) is 9.46 Å². The van der Waals surface area contributed by atoms with Crippen molar-refractivity contribution in [3.05, 3.63) is 39.9 Å². The van der Waals surface area contributed by atoms with Crippen LogP contribution in [0.2, 0.25) is 0 Å². The molecule has 2 N–H and O–H groups in total. The van der Waals surface area contributed by atoms with Gasteiger partial charge in [0.05, 0.1) is 13.2 Å². The van der Waals surface area contributed by atoms with E-state index in [4.69, 9.17) is 4.74 Å². The Hall–Kier alpha value is -1.79. The van der Waals surface area contributed by atoms with Crippen molar-refractivity contribution in [2.24, 2.45) is 0 Å². The van der Waals surface area contributed by atoms with E-state index < -0.39 is 26.9 Å². The first kappa shape index (κ1) is 21.9. The van der Waals surface area contributed by atoms with Crippen molar-refractivity contribution in [2.45, 2.75) is 9.46 Å². The topological polar surface area (TPSA) is 105 Å². The first-order valence-electron chi connectivity index (χ1n) is 9.15. The molecule has 158 valence electrons. The maximum atomic E-state index is 13.0. The van der Waals surface area contributed by atoms with E-state index in [1.165, 1.54) is 11.3 Å². The van der Waals surface area contributed by atoms with E-state index in [9.17, 15) is 18.0 Å². The van der Waals surface area contributed by atoms with Crippen molar-refractivity contribution in [1.29, 1.82) is 0 Å². The van der Waals surface area contributed by atoms with Crippen molar-refractivity contribution in [2.75, 3.05) is 45.9 Å². The predicted molar refractivity (Wildman–Crippen MR) is 112 cm³/mol. The number of amides is 2. The van der Waals surface area contributed by atoms with Gasteiger partial charge in [-0.25, -0.2) is 8.42 Å². The summed E-state index contributed by atoms with van der Waals surface area (Å²) in [5, 5.41) is 7.59. The van der Waals surface area contributed by atoms with Crippen molar-refractivity contribution in [1.82, 2.24) is 15.5 Å². The second-order valence-corrected chi connectivity index (χ2v) is 10.7. The third-order valence-electron chi connectivity index (χ3n) is 4.48. The molecule has 0 aliphatic carbocycles. The van der Waals surface area contributed by atoms with Crippen LogP contribution in [0.3, 0.4) is 0 Å². The second-order valence-electron chi connectivity index (χ2n) is 6.40. The van der Waals surface area contributed by atoms with Crippen LogP contribution in [0.4, 0.5) is 0 Å².